The summed E-state index contributed by atoms with van der Waals surface area (Å²) in [7, 11) is 0. The predicted octanol–water partition coefficient (Wildman–Crippen LogP) is 2.22. The minimum absolute atomic E-state index is 0.113. The van der Waals surface area contributed by atoms with E-state index in [-0.39, 0.29) is 5.75 Å². The predicted molar refractivity (Wildman–Crippen MR) is 82.5 cm³/mol. The fourth-order valence-electron chi connectivity index (χ4n) is 2.50. The van der Waals surface area contributed by atoms with E-state index in [2.05, 4.69) is 5.32 Å². The van der Waals surface area contributed by atoms with Gasteiger partial charge in [0.1, 0.15) is 11.4 Å². The van der Waals surface area contributed by atoms with Gasteiger partial charge in [-0.1, -0.05) is 0 Å². The molecule has 4 N–H and O–H groups in total. The maximum atomic E-state index is 11.8. The number of benzene rings is 1. The standard InChI is InChI=1S/C16H21NO6/c1-15(2,3)23-14(22)17-9-4-5-11(18)10(8-9)16(6-7-16)12(19)13(20)21/h4-5,8,12,18-19H,6-7H2,1-3H3,(H,17,22)(H,20,21). The van der Waals surface area contributed by atoms with E-state index in [0.717, 1.165) is 0 Å². The number of carbonyl (C=O) groups is 2. The van der Waals surface area contributed by atoms with E-state index in [0.29, 0.717) is 24.1 Å². The molecule has 23 heavy (non-hydrogen) atoms. The summed E-state index contributed by atoms with van der Waals surface area (Å²) in [5.41, 5.74) is -1.00. The molecular weight excluding hydrogens is 302 g/mol. The molecular formula is C16H21NO6. The number of carboxylic acids is 1. The van der Waals surface area contributed by atoms with Crippen molar-refractivity contribution in [1.29, 1.82) is 0 Å². The lowest BCUT2D eigenvalue weighted by Crippen LogP contribution is -2.34. The first-order valence-corrected chi connectivity index (χ1v) is 7.29. The van der Waals surface area contributed by atoms with Crippen LogP contribution in [0.2, 0.25) is 0 Å². The number of rotatable bonds is 4. The van der Waals surface area contributed by atoms with Crippen molar-refractivity contribution in [3.05, 3.63) is 23.8 Å². The van der Waals surface area contributed by atoms with Crippen LogP contribution in [0, 0.1) is 0 Å². The third-order valence-corrected chi connectivity index (χ3v) is 3.72. The van der Waals surface area contributed by atoms with Crippen LogP contribution in [0.3, 0.4) is 0 Å². The van der Waals surface area contributed by atoms with Gasteiger partial charge in [-0.3, -0.25) is 5.32 Å². The Bertz CT molecular complexity index is 630. The summed E-state index contributed by atoms with van der Waals surface area (Å²) in [6, 6.07) is 4.31. The van der Waals surface area contributed by atoms with Crippen molar-refractivity contribution in [3.63, 3.8) is 0 Å². The third-order valence-electron chi connectivity index (χ3n) is 3.72. The number of ether oxygens (including phenoxy) is 1. The Labute approximate surface area is 133 Å². The fraction of sp³-hybridized carbons (Fsp3) is 0.500. The Morgan fingerprint density at radius 1 is 1.30 bits per heavy atom. The number of hydrogen-bond acceptors (Lipinski definition) is 5. The molecule has 1 aliphatic rings. The quantitative estimate of drug-likeness (QED) is 0.631. The molecule has 0 spiro atoms. The highest BCUT2D eigenvalue weighted by atomic mass is 16.6. The molecule has 1 saturated carbocycles. The lowest BCUT2D eigenvalue weighted by Gasteiger charge is -2.22. The average Bonchev–Trinajstić information content (AvgIpc) is 3.19. The average molecular weight is 323 g/mol. The number of hydrogen-bond donors (Lipinski definition) is 4. The van der Waals surface area contributed by atoms with Gasteiger partial charge in [0.15, 0.2) is 6.10 Å². The van der Waals surface area contributed by atoms with Crippen molar-refractivity contribution in [2.75, 3.05) is 5.32 Å². The number of phenolic OH excluding ortho intramolecular Hbond substituents is 1. The van der Waals surface area contributed by atoms with Crippen LogP contribution in [-0.2, 0) is 14.9 Å². The lowest BCUT2D eigenvalue weighted by molar-refractivity contribution is -0.148. The molecule has 0 saturated heterocycles. The third kappa shape index (κ3) is 3.73. The summed E-state index contributed by atoms with van der Waals surface area (Å²) in [6.07, 6.45) is -1.36. The van der Waals surface area contributed by atoms with Crippen LogP contribution in [0.4, 0.5) is 10.5 Å². The molecule has 1 unspecified atom stereocenters. The summed E-state index contributed by atoms with van der Waals surface area (Å²) in [5.74, 6) is -1.45. The normalized spacial score (nSPS) is 17.2. The number of aliphatic hydroxyl groups excluding tert-OH is 1. The fourth-order valence-corrected chi connectivity index (χ4v) is 2.50. The van der Waals surface area contributed by atoms with Crippen molar-refractivity contribution in [3.8, 4) is 5.75 Å². The molecule has 0 heterocycles. The van der Waals surface area contributed by atoms with Gasteiger partial charge in [-0.05, 0) is 51.8 Å². The number of anilines is 1. The van der Waals surface area contributed by atoms with Crippen molar-refractivity contribution in [2.24, 2.45) is 0 Å². The molecule has 1 atom stereocenters. The Kier molecular flexibility index (Phi) is 4.26. The van der Waals surface area contributed by atoms with Gasteiger partial charge in [0.2, 0.25) is 0 Å². The molecule has 2 rings (SSSR count). The second kappa shape index (κ2) is 5.73. The number of carboxylic acid groups (broad SMARTS) is 1. The van der Waals surface area contributed by atoms with E-state index in [1.807, 2.05) is 0 Å². The Hall–Kier alpha value is -2.28. The minimum atomic E-state index is -1.61. The van der Waals surface area contributed by atoms with Crippen LogP contribution in [0.1, 0.15) is 39.2 Å². The first-order valence-electron chi connectivity index (χ1n) is 7.29. The first-order chi connectivity index (χ1) is 10.5. The summed E-state index contributed by atoms with van der Waals surface area (Å²) >= 11 is 0. The molecule has 0 bridgehead atoms. The molecule has 1 amide bonds. The van der Waals surface area contributed by atoms with Crippen molar-refractivity contribution in [1.82, 2.24) is 0 Å². The number of amides is 1. The number of carbonyl (C=O) groups excluding carboxylic acids is 1. The molecule has 7 heteroatoms. The molecule has 0 radical (unpaired) electrons. The highest BCUT2D eigenvalue weighted by Gasteiger charge is 2.54. The molecule has 1 fully saturated rings. The first kappa shape index (κ1) is 17.1. The monoisotopic (exact) mass is 323 g/mol. The number of aromatic hydroxyl groups is 1. The van der Waals surface area contributed by atoms with Gasteiger partial charge in [-0.2, -0.15) is 0 Å². The van der Waals surface area contributed by atoms with Gasteiger partial charge in [-0.25, -0.2) is 9.59 Å². The Morgan fingerprint density at radius 3 is 2.39 bits per heavy atom. The van der Waals surface area contributed by atoms with Gasteiger partial charge in [0, 0.05) is 16.7 Å². The van der Waals surface area contributed by atoms with Gasteiger partial charge >= 0.3 is 12.1 Å². The second-order valence-corrected chi connectivity index (χ2v) is 6.76. The topological polar surface area (TPSA) is 116 Å². The van der Waals surface area contributed by atoms with Crippen LogP contribution in [0.15, 0.2) is 18.2 Å². The molecule has 0 aliphatic heterocycles. The zero-order valence-electron chi connectivity index (χ0n) is 13.3. The van der Waals surface area contributed by atoms with Crippen LogP contribution < -0.4 is 5.32 Å². The van der Waals surface area contributed by atoms with E-state index in [4.69, 9.17) is 9.84 Å². The van der Waals surface area contributed by atoms with Crippen LogP contribution in [-0.4, -0.2) is 39.1 Å². The van der Waals surface area contributed by atoms with Gasteiger partial charge < -0.3 is 20.1 Å². The second-order valence-electron chi connectivity index (χ2n) is 6.76. The Balaban J connectivity index is 2.24. The van der Waals surface area contributed by atoms with Crippen LogP contribution in [0.5, 0.6) is 5.75 Å². The lowest BCUT2D eigenvalue weighted by atomic mass is 9.89. The summed E-state index contributed by atoms with van der Waals surface area (Å²) in [5, 5.41) is 31.5. The molecule has 1 aliphatic carbocycles. The molecule has 1 aromatic rings. The van der Waals surface area contributed by atoms with Crippen molar-refractivity contribution in [2.45, 2.75) is 50.7 Å². The smallest absolute Gasteiger partial charge is 0.412 e. The maximum absolute atomic E-state index is 11.8. The summed E-state index contributed by atoms with van der Waals surface area (Å²) in [6.45, 7) is 5.20. The van der Waals surface area contributed by atoms with E-state index in [1.54, 1.807) is 20.8 Å². The minimum Gasteiger partial charge on any atom is -0.508 e. The SMILES string of the molecule is CC(C)(C)OC(=O)Nc1ccc(O)c(C2(C(O)C(=O)O)CC2)c1. The molecule has 7 nitrogen and oxygen atoms in total. The molecule has 0 aromatic heterocycles. The number of nitrogens with one attached hydrogen (secondary N) is 1. The van der Waals surface area contributed by atoms with E-state index in [9.17, 15) is 19.8 Å². The van der Waals surface area contributed by atoms with E-state index in [1.165, 1.54) is 18.2 Å². The van der Waals surface area contributed by atoms with E-state index < -0.39 is 29.2 Å². The van der Waals surface area contributed by atoms with Crippen molar-refractivity contribution >= 4 is 17.7 Å². The summed E-state index contributed by atoms with van der Waals surface area (Å²) in [4.78, 5) is 22.9. The van der Waals surface area contributed by atoms with Crippen LogP contribution in [0.25, 0.3) is 0 Å². The Morgan fingerprint density at radius 2 is 1.91 bits per heavy atom. The van der Waals surface area contributed by atoms with Crippen LogP contribution >= 0.6 is 0 Å². The highest BCUT2D eigenvalue weighted by Crippen LogP contribution is 2.54. The van der Waals surface area contributed by atoms with Crippen molar-refractivity contribution < 1.29 is 29.6 Å². The number of aliphatic carboxylic acids is 1. The van der Waals surface area contributed by atoms with Gasteiger partial charge in [0.05, 0.1) is 0 Å². The van der Waals surface area contributed by atoms with Gasteiger partial charge in [0.25, 0.3) is 0 Å². The highest BCUT2D eigenvalue weighted by molar-refractivity contribution is 5.85. The van der Waals surface area contributed by atoms with E-state index >= 15 is 0 Å². The zero-order chi connectivity index (χ0) is 17.4. The molecule has 1 aromatic carbocycles. The van der Waals surface area contributed by atoms with Gasteiger partial charge in [-0.15, -0.1) is 0 Å². The maximum Gasteiger partial charge on any atom is 0.412 e. The zero-order valence-corrected chi connectivity index (χ0v) is 13.3. The number of phenols is 1. The number of aliphatic hydroxyl groups is 1. The summed E-state index contributed by atoms with van der Waals surface area (Å²) < 4.78 is 5.14. The molecule has 126 valence electrons. The largest absolute Gasteiger partial charge is 0.508 e.